The first-order chi connectivity index (χ1) is 18.9. The van der Waals surface area contributed by atoms with E-state index in [9.17, 15) is 19.2 Å². The van der Waals surface area contributed by atoms with E-state index in [0.29, 0.717) is 41.3 Å². The molecule has 0 bridgehead atoms. The van der Waals surface area contributed by atoms with Crippen LogP contribution in [-0.4, -0.2) is 83.4 Å². The summed E-state index contributed by atoms with van der Waals surface area (Å²) >= 11 is 12.2. The van der Waals surface area contributed by atoms with Gasteiger partial charge in [-0.15, -0.1) is 0 Å². The van der Waals surface area contributed by atoms with Crippen molar-refractivity contribution in [1.82, 2.24) is 25.5 Å². The van der Waals surface area contributed by atoms with Crippen LogP contribution in [-0.2, 0) is 14.4 Å². The fraction of sp³-hybridized carbons (Fsp3) is 0.407. The SMILES string of the molecule is CC(C)(C)OC(=O)NCC1NC(=O)N(OC(=O)N2CCN(C(c3ccc(Cl)cc3)c3ccc(Cl)cc3)CC2)C1=O. The van der Waals surface area contributed by atoms with Crippen LogP contribution in [0.1, 0.15) is 37.9 Å². The standard InChI is InChI=1S/C27H31Cl2N5O6/c1-27(2,3)39-25(37)30-16-21-23(35)34(24(36)31-21)40-26(38)33-14-12-32(13-15-33)22(17-4-8-19(28)9-5-17)18-6-10-20(29)11-7-18/h4-11,21-22H,12-16H2,1-3H3,(H,30,37)(H,31,36). The molecule has 2 aromatic rings. The maximum atomic E-state index is 12.9. The molecule has 13 heteroatoms. The van der Waals surface area contributed by atoms with Crippen molar-refractivity contribution in [3.8, 4) is 0 Å². The van der Waals surface area contributed by atoms with E-state index in [-0.39, 0.29) is 12.6 Å². The Morgan fingerprint density at radius 2 is 1.48 bits per heavy atom. The molecule has 1 atom stereocenters. The number of piperazine rings is 1. The Morgan fingerprint density at radius 1 is 0.950 bits per heavy atom. The van der Waals surface area contributed by atoms with Crippen LogP contribution in [0.25, 0.3) is 0 Å². The second-order valence-electron chi connectivity index (χ2n) is 10.4. The van der Waals surface area contributed by atoms with E-state index >= 15 is 0 Å². The first-order valence-electron chi connectivity index (χ1n) is 12.7. The molecule has 40 heavy (non-hydrogen) atoms. The maximum Gasteiger partial charge on any atom is 0.434 e. The summed E-state index contributed by atoms with van der Waals surface area (Å²) in [7, 11) is 0. The fourth-order valence-electron chi connectivity index (χ4n) is 4.44. The van der Waals surface area contributed by atoms with Gasteiger partial charge in [0.2, 0.25) is 0 Å². The summed E-state index contributed by atoms with van der Waals surface area (Å²) in [4.78, 5) is 58.5. The van der Waals surface area contributed by atoms with E-state index < -0.39 is 35.8 Å². The van der Waals surface area contributed by atoms with Gasteiger partial charge in [-0.1, -0.05) is 52.5 Å². The molecule has 2 N–H and O–H groups in total. The highest BCUT2D eigenvalue weighted by Crippen LogP contribution is 2.31. The zero-order chi connectivity index (χ0) is 29.0. The number of urea groups is 1. The van der Waals surface area contributed by atoms with Crippen LogP contribution in [0.4, 0.5) is 14.4 Å². The molecule has 5 amide bonds. The quantitative estimate of drug-likeness (QED) is 0.483. The third-order valence-electron chi connectivity index (χ3n) is 6.31. The minimum absolute atomic E-state index is 0.100. The number of carbonyl (C=O) groups is 4. The highest BCUT2D eigenvalue weighted by atomic mass is 35.5. The van der Waals surface area contributed by atoms with Crippen molar-refractivity contribution in [1.29, 1.82) is 0 Å². The molecule has 0 aromatic heterocycles. The van der Waals surface area contributed by atoms with Gasteiger partial charge in [0, 0.05) is 36.2 Å². The van der Waals surface area contributed by atoms with Gasteiger partial charge in [-0.25, -0.2) is 14.4 Å². The number of carbonyl (C=O) groups excluding carboxylic acids is 4. The molecule has 2 heterocycles. The van der Waals surface area contributed by atoms with Crippen LogP contribution >= 0.6 is 23.2 Å². The highest BCUT2D eigenvalue weighted by molar-refractivity contribution is 6.30. The normalized spacial score (nSPS) is 18.1. The van der Waals surface area contributed by atoms with Crippen LogP contribution in [0.3, 0.4) is 0 Å². The molecule has 2 saturated heterocycles. The Bertz CT molecular complexity index is 1200. The Balaban J connectivity index is 1.34. The predicted molar refractivity (Wildman–Crippen MR) is 148 cm³/mol. The van der Waals surface area contributed by atoms with Crippen LogP contribution in [0, 0.1) is 0 Å². The lowest BCUT2D eigenvalue weighted by atomic mass is 9.96. The number of amides is 5. The Kier molecular flexibility index (Phi) is 9.07. The number of imide groups is 1. The third-order valence-corrected chi connectivity index (χ3v) is 6.81. The molecular formula is C27H31Cl2N5O6. The molecule has 0 radical (unpaired) electrons. The summed E-state index contributed by atoms with van der Waals surface area (Å²) in [6.45, 7) is 6.51. The van der Waals surface area contributed by atoms with Gasteiger partial charge in [0.25, 0.3) is 5.91 Å². The van der Waals surface area contributed by atoms with E-state index in [4.69, 9.17) is 32.8 Å². The molecule has 0 saturated carbocycles. The van der Waals surface area contributed by atoms with Gasteiger partial charge in [0.15, 0.2) is 0 Å². The lowest BCUT2D eigenvalue weighted by Gasteiger charge is -2.39. The second-order valence-corrected chi connectivity index (χ2v) is 11.3. The number of hydroxylamine groups is 2. The number of nitrogens with zero attached hydrogens (tertiary/aromatic N) is 3. The minimum atomic E-state index is -1.09. The first-order valence-corrected chi connectivity index (χ1v) is 13.5. The average molecular weight is 592 g/mol. The van der Waals surface area contributed by atoms with Crippen molar-refractivity contribution < 1.29 is 28.8 Å². The van der Waals surface area contributed by atoms with Gasteiger partial charge in [-0.2, -0.15) is 0 Å². The Hall–Kier alpha value is -3.54. The smallest absolute Gasteiger partial charge is 0.434 e. The van der Waals surface area contributed by atoms with Gasteiger partial charge in [0.1, 0.15) is 11.6 Å². The predicted octanol–water partition coefficient (Wildman–Crippen LogP) is 4.20. The van der Waals surface area contributed by atoms with E-state index in [2.05, 4.69) is 15.5 Å². The molecule has 11 nitrogen and oxygen atoms in total. The fourth-order valence-corrected chi connectivity index (χ4v) is 4.69. The summed E-state index contributed by atoms with van der Waals surface area (Å²) in [5, 5.41) is 6.47. The number of hydrogen-bond donors (Lipinski definition) is 2. The molecular weight excluding hydrogens is 561 g/mol. The summed E-state index contributed by atoms with van der Waals surface area (Å²) in [6.07, 6.45) is -1.56. The van der Waals surface area contributed by atoms with Crippen molar-refractivity contribution in [3.63, 3.8) is 0 Å². The Labute approximate surface area is 242 Å². The van der Waals surface area contributed by atoms with Crippen molar-refractivity contribution in [3.05, 3.63) is 69.7 Å². The number of hydrogen-bond acceptors (Lipinski definition) is 7. The average Bonchev–Trinajstić information content (AvgIpc) is 3.16. The molecule has 2 aliphatic rings. The van der Waals surface area contributed by atoms with Gasteiger partial charge in [-0.3, -0.25) is 9.69 Å². The van der Waals surface area contributed by atoms with Gasteiger partial charge >= 0.3 is 18.2 Å². The molecule has 4 rings (SSSR count). The van der Waals surface area contributed by atoms with E-state index in [0.717, 1.165) is 11.1 Å². The number of nitrogens with one attached hydrogen (secondary N) is 2. The van der Waals surface area contributed by atoms with Gasteiger partial charge in [0.05, 0.1) is 12.6 Å². The first kappa shape index (κ1) is 29.4. The molecule has 2 aromatic carbocycles. The molecule has 2 aliphatic heterocycles. The van der Waals surface area contributed by atoms with Gasteiger partial charge in [-0.05, 0) is 56.2 Å². The number of ether oxygens (including phenoxy) is 1. The maximum absolute atomic E-state index is 12.9. The zero-order valence-corrected chi connectivity index (χ0v) is 23.9. The van der Waals surface area contributed by atoms with Crippen molar-refractivity contribution >= 4 is 47.3 Å². The summed E-state index contributed by atoms with van der Waals surface area (Å²) < 4.78 is 5.13. The molecule has 0 aliphatic carbocycles. The summed E-state index contributed by atoms with van der Waals surface area (Å²) in [6, 6.07) is 13.1. The number of halogens is 2. The van der Waals surface area contributed by atoms with Crippen molar-refractivity contribution in [2.24, 2.45) is 0 Å². The van der Waals surface area contributed by atoms with E-state index in [1.165, 1.54) is 4.90 Å². The second kappa shape index (κ2) is 12.3. The van der Waals surface area contributed by atoms with Crippen LogP contribution < -0.4 is 10.6 Å². The minimum Gasteiger partial charge on any atom is -0.444 e. The van der Waals surface area contributed by atoms with Crippen LogP contribution in [0.15, 0.2) is 48.5 Å². The van der Waals surface area contributed by atoms with Gasteiger partial charge < -0.3 is 25.1 Å². The summed E-state index contributed by atoms with van der Waals surface area (Å²) in [5.41, 5.74) is 1.35. The molecule has 0 spiro atoms. The number of rotatable bonds is 6. The largest absolute Gasteiger partial charge is 0.444 e. The van der Waals surface area contributed by atoms with Crippen LogP contribution in [0.5, 0.6) is 0 Å². The highest BCUT2D eigenvalue weighted by Gasteiger charge is 2.42. The van der Waals surface area contributed by atoms with Crippen molar-refractivity contribution in [2.45, 2.75) is 38.5 Å². The summed E-state index contributed by atoms with van der Waals surface area (Å²) in [5.74, 6) is -0.793. The third kappa shape index (κ3) is 7.35. The molecule has 214 valence electrons. The van der Waals surface area contributed by atoms with Crippen LogP contribution in [0.2, 0.25) is 10.0 Å². The number of benzene rings is 2. The molecule has 2 fully saturated rings. The lowest BCUT2D eigenvalue weighted by Crippen LogP contribution is -2.51. The topological polar surface area (TPSA) is 121 Å². The lowest BCUT2D eigenvalue weighted by molar-refractivity contribution is -0.151. The molecule has 1 unspecified atom stereocenters. The zero-order valence-electron chi connectivity index (χ0n) is 22.4. The van der Waals surface area contributed by atoms with E-state index in [1.54, 1.807) is 20.8 Å². The Morgan fingerprint density at radius 3 is 1.98 bits per heavy atom. The monoisotopic (exact) mass is 591 g/mol. The van der Waals surface area contributed by atoms with E-state index in [1.807, 2.05) is 48.5 Å². The van der Waals surface area contributed by atoms with Crippen molar-refractivity contribution in [2.75, 3.05) is 32.7 Å². The number of alkyl carbamates (subject to hydrolysis) is 1.